The first-order valence-electron chi connectivity index (χ1n) is 6.98. The maximum absolute atomic E-state index is 13.5. The Morgan fingerprint density at radius 3 is 2.13 bits per heavy atom. The van der Waals surface area contributed by atoms with Gasteiger partial charge in [-0.3, -0.25) is 9.97 Å². The Labute approximate surface area is 131 Å². The van der Waals surface area contributed by atoms with Crippen molar-refractivity contribution >= 4 is 11.1 Å². The average Bonchev–Trinajstić information content (AvgIpc) is 2.91. The van der Waals surface area contributed by atoms with E-state index in [0.29, 0.717) is 16.8 Å². The summed E-state index contributed by atoms with van der Waals surface area (Å²) in [5.41, 5.74) is 4.37. The molecule has 3 aromatic heterocycles. The quantitative estimate of drug-likeness (QED) is 0.399. The summed E-state index contributed by atoms with van der Waals surface area (Å²) >= 11 is 0. The van der Waals surface area contributed by atoms with E-state index in [9.17, 15) is 9.65 Å². The topological polar surface area (TPSA) is 62.5 Å². The van der Waals surface area contributed by atoms with Crippen LogP contribution in [0.15, 0.2) is 54.9 Å². The standard InChI is InChI=1S/C18H9FN4/c19-15-7-1-6-14(23-15)13(10-20)16-11-4-2-8-21-17(11)18-12(16)5-3-9-22-18/h1-9H. The van der Waals surface area contributed by atoms with Crippen LogP contribution in [0.25, 0.3) is 22.5 Å². The molecule has 5 heteroatoms. The third-order valence-electron chi connectivity index (χ3n) is 3.71. The average molecular weight is 300 g/mol. The van der Waals surface area contributed by atoms with Gasteiger partial charge in [-0.2, -0.15) is 9.65 Å². The molecule has 0 aromatic carbocycles. The van der Waals surface area contributed by atoms with Crippen LogP contribution < -0.4 is 0 Å². The van der Waals surface area contributed by atoms with Crippen molar-refractivity contribution in [3.63, 3.8) is 0 Å². The smallest absolute Gasteiger partial charge is 0.213 e. The SMILES string of the molecule is N#CC(=C1c2cccnc2-c2ncccc21)c1cccc(F)n1. The fourth-order valence-corrected chi connectivity index (χ4v) is 2.79. The minimum Gasteiger partial charge on any atom is -0.254 e. The maximum Gasteiger partial charge on any atom is 0.213 e. The molecule has 0 N–H and O–H groups in total. The van der Waals surface area contributed by atoms with Gasteiger partial charge in [0, 0.05) is 29.1 Å². The zero-order valence-electron chi connectivity index (χ0n) is 11.9. The Kier molecular flexibility index (Phi) is 2.95. The third-order valence-corrected chi connectivity index (χ3v) is 3.71. The molecular weight excluding hydrogens is 291 g/mol. The van der Waals surface area contributed by atoms with Crippen molar-refractivity contribution in [2.75, 3.05) is 0 Å². The molecule has 4 rings (SSSR count). The predicted molar refractivity (Wildman–Crippen MR) is 83.2 cm³/mol. The van der Waals surface area contributed by atoms with Gasteiger partial charge in [0.05, 0.1) is 22.7 Å². The molecule has 0 aliphatic heterocycles. The van der Waals surface area contributed by atoms with Crippen LogP contribution >= 0.6 is 0 Å². The minimum absolute atomic E-state index is 0.300. The highest BCUT2D eigenvalue weighted by atomic mass is 19.1. The number of halogens is 1. The molecule has 3 heterocycles. The second-order valence-electron chi connectivity index (χ2n) is 5.01. The van der Waals surface area contributed by atoms with Crippen molar-refractivity contribution in [3.8, 4) is 17.5 Å². The molecule has 3 aromatic rings. The molecule has 0 saturated carbocycles. The number of aromatic nitrogens is 3. The van der Waals surface area contributed by atoms with Crippen molar-refractivity contribution in [1.29, 1.82) is 5.26 Å². The van der Waals surface area contributed by atoms with Gasteiger partial charge in [0.2, 0.25) is 5.95 Å². The van der Waals surface area contributed by atoms with Crippen LogP contribution in [0.2, 0.25) is 0 Å². The molecule has 4 nitrogen and oxygen atoms in total. The van der Waals surface area contributed by atoms with E-state index in [4.69, 9.17) is 0 Å². The number of hydrogen-bond donors (Lipinski definition) is 0. The number of hydrogen-bond acceptors (Lipinski definition) is 4. The largest absolute Gasteiger partial charge is 0.254 e. The molecule has 0 amide bonds. The summed E-state index contributed by atoms with van der Waals surface area (Å²) in [5.74, 6) is -0.619. The van der Waals surface area contributed by atoms with Gasteiger partial charge in [0.25, 0.3) is 0 Å². The number of nitriles is 1. The summed E-state index contributed by atoms with van der Waals surface area (Å²) < 4.78 is 13.5. The zero-order valence-corrected chi connectivity index (χ0v) is 11.9. The molecule has 23 heavy (non-hydrogen) atoms. The van der Waals surface area contributed by atoms with E-state index < -0.39 is 5.95 Å². The maximum atomic E-state index is 13.5. The zero-order chi connectivity index (χ0) is 15.8. The van der Waals surface area contributed by atoms with Crippen molar-refractivity contribution in [2.45, 2.75) is 0 Å². The van der Waals surface area contributed by atoms with Crippen LogP contribution in [0.4, 0.5) is 4.39 Å². The molecule has 0 unspecified atom stereocenters. The minimum atomic E-state index is -0.619. The number of rotatable bonds is 1. The van der Waals surface area contributed by atoms with Crippen LogP contribution in [0, 0.1) is 17.3 Å². The fraction of sp³-hybridized carbons (Fsp3) is 0. The molecule has 0 fully saturated rings. The highest BCUT2D eigenvalue weighted by Crippen LogP contribution is 2.44. The first-order valence-corrected chi connectivity index (χ1v) is 6.98. The molecular formula is C18H9FN4. The van der Waals surface area contributed by atoms with Gasteiger partial charge >= 0.3 is 0 Å². The van der Waals surface area contributed by atoms with E-state index in [2.05, 4.69) is 21.0 Å². The Morgan fingerprint density at radius 2 is 1.57 bits per heavy atom. The van der Waals surface area contributed by atoms with E-state index in [1.807, 2.05) is 12.1 Å². The lowest BCUT2D eigenvalue weighted by Gasteiger charge is -2.06. The van der Waals surface area contributed by atoms with Crippen LogP contribution in [0.1, 0.15) is 16.8 Å². The monoisotopic (exact) mass is 300 g/mol. The Balaban J connectivity index is 2.09. The normalized spacial score (nSPS) is 11.6. The summed E-state index contributed by atoms with van der Waals surface area (Å²) in [5, 5.41) is 9.67. The fourth-order valence-electron chi connectivity index (χ4n) is 2.79. The lowest BCUT2D eigenvalue weighted by atomic mass is 9.97. The number of fused-ring (bicyclic) bond motifs is 3. The van der Waals surface area contributed by atoms with Gasteiger partial charge in [-0.05, 0) is 24.3 Å². The Bertz CT molecular complexity index is 954. The Hall–Kier alpha value is -3.39. The summed E-state index contributed by atoms with van der Waals surface area (Å²) in [6, 6.07) is 14.0. The van der Waals surface area contributed by atoms with Crippen LogP contribution in [0.3, 0.4) is 0 Å². The molecule has 0 radical (unpaired) electrons. The van der Waals surface area contributed by atoms with Gasteiger partial charge in [-0.25, -0.2) is 4.98 Å². The van der Waals surface area contributed by atoms with E-state index in [-0.39, 0.29) is 0 Å². The first kappa shape index (κ1) is 13.3. The lowest BCUT2D eigenvalue weighted by Crippen LogP contribution is -1.95. The third kappa shape index (κ3) is 2.00. The number of allylic oxidation sites excluding steroid dienone is 1. The van der Waals surface area contributed by atoms with Crippen molar-refractivity contribution in [1.82, 2.24) is 15.0 Å². The summed E-state index contributed by atoms with van der Waals surface area (Å²) in [6.07, 6.45) is 3.37. The second kappa shape index (κ2) is 5.11. The molecule has 0 bridgehead atoms. The summed E-state index contributed by atoms with van der Waals surface area (Å²) in [4.78, 5) is 12.6. The number of nitrogens with zero attached hydrogens (tertiary/aromatic N) is 4. The lowest BCUT2D eigenvalue weighted by molar-refractivity contribution is 0.582. The molecule has 0 atom stereocenters. The van der Waals surface area contributed by atoms with Gasteiger partial charge in [-0.1, -0.05) is 18.2 Å². The summed E-state index contributed by atoms with van der Waals surface area (Å²) in [6.45, 7) is 0. The van der Waals surface area contributed by atoms with Gasteiger partial charge < -0.3 is 0 Å². The molecule has 1 aliphatic carbocycles. The highest BCUT2D eigenvalue weighted by Gasteiger charge is 2.29. The highest BCUT2D eigenvalue weighted by molar-refractivity contribution is 6.11. The van der Waals surface area contributed by atoms with E-state index >= 15 is 0 Å². The van der Waals surface area contributed by atoms with Gasteiger partial charge in [0.15, 0.2) is 0 Å². The van der Waals surface area contributed by atoms with Crippen LogP contribution in [-0.2, 0) is 0 Å². The summed E-state index contributed by atoms with van der Waals surface area (Å²) in [7, 11) is 0. The van der Waals surface area contributed by atoms with Crippen LogP contribution in [0.5, 0.6) is 0 Å². The van der Waals surface area contributed by atoms with E-state index in [0.717, 1.165) is 22.5 Å². The molecule has 0 saturated heterocycles. The first-order chi connectivity index (χ1) is 11.3. The molecule has 0 spiro atoms. The van der Waals surface area contributed by atoms with Crippen molar-refractivity contribution < 1.29 is 4.39 Å². The molecule has 1 aliphatic rings. The van der Waals surface area contributed by atoms with Gasteiger partial charge in [-0.15, -0.1) is 0 Å². The second-order valence-corrected chi connectivity index (χ2v) is 5.01. The van der Waals surface area contributed by atoms with Crippen molar-refractivity contribution in [3.05, 3.63) is 77.6 Å². The van der Waals surface area contributed by atoms with E-state index in [1.165, 1.54) is 6.07 Å². The number of pyridine rings is 3. The van der Waals surface area contributed by atoms with Gasteiger partial charge in [0.1, 0.15) is 6.07 Å². The van der Waals surface area contributed by atoms with Crippen molar-refractivity contribution in [2.24, 2.45) is 0 Å². The van der Waals surface area contributed by atoms with Crippen LogP contribution in [-0.4, -0.2) is 15.0 Å². The van der Waals surface area contributed by atoms with E-state index in [1.54, 1.807) is 36.7 Å². The molecule has 108 valence electrons. The predicted octanol–water partition coefficient (Wildman–Crippen LogP) is 3.47. The Morgan fingerprint density at radius 1 is 0.913 bits per heavy atom.